The Labute approximate surface area is 245 Å². The number of anilines is 1. The minimum absolute atomic E-state index is 0.0954. The monoisotopic (exact) mass is 577 g/mol. The Hall–Kier alpha value is -3.65. The van der Waals surface area contributed by atoms with Gasteiger partial charge in [-0.2, -0.15) is 0 Å². The third-order valence-corrected chi connectivity index (χ3v) is 8.66. The predicted octanol–water partition coefficient (Wildman–Crippen LogP) is 5.84. The molecular formula is C33H43N3O4S. The highest BCUT2D eigenvalue weighted by Gasteiger charge is 2.35. The molecule has 3 aromatic carbocycles. The summed E-state index contributed by atoms with van der Waals surface area (Å²) in [5.74, 6) is -0.736. The molecule has 0 aromatic heterocycles. The first-order chi connectivity index (χ1) is 19.1. The third kappa shape index (κ3) is 8.19. The van der Waals surface area contributed by atoms with Crippen molar-refractivity contribution in [3.63, 3.8) is 0 Å². The number of amides is 2. The number of aryl methyl sites for hydroxylation is 4. The molecule has 41 heavy (non-hydrogen) atoms. The maximum Gasteiger partial charge on any atom is 0.264 e. The number of nitrogens with one attached hydrogen (secondary N) is 1. The van der Waals surface area contributed by atoms with Crippen molar-refractivity contribution in [1.29, 1.82) is 0 Å². The van der Waals surface area contributed by atoms with E-state index in [4.69, 9.17) is 0 Å². The maximum atomic E-state index is 14.3. The zero-order valence-electron chi connectivity index (χ0n) is 25.5. The highest BCUT2D eigenvalue weighted by Crippen LogP contribution is 2.27. The summed E-state index contributed by atoms with van der Waals surface area (Å²) in [6.45, 7) is 14.9. The summed E-state index contributed by atoms with van der Waals surface area (Å²) in [7, 11) is -4.11. The van der Waals surface area contributed by atoms with E-state index in [-0.39, 0.29) is 17.3 Å². The van der Waals surface area contributed by atoms with Crippen molar-refractivity contribution in [2.45, 2.75) is 84.8 Å². The summed E-state index contributed by atoms with van der Waals surface area (Å²) in [5.41, 5.74) is 4.46. The zero-order chi connectivity index (χ0) is 30.5. The van der Waals surface area contributed by atoms with Crippen LogP contribution in [-0.2, 0) is 26.2 Å². The van der Waals surface area contributed by atoms with Gasteiger partial charge in [0.25, 0.3) is 10.0 Å². The van der Waals surface area contributed by atoms with Crippen molar-refractivity contribution in [3.05, 3.63) is 94.5 Å². The number of hydrogen-bond donors (Lipinski definition) is 1. The van der Waals surface area contributed by atoms with Crippen LogP contribution in [0.5, 0.6) is 0 Å². The van der Waals surface area contributed by atoms with Crippen molar-refractivity contribution >= 4 is 27.5 Å². The maximum absolute atomic E-state index is 14.3. The second kappa shape index (κ2) is 12.9. The fourth-order valence-electron chi connectivity index (χ4n) is 4.80. The molecule has 7 nitrogen and oxygen atoms in total. The van der Waals surface area contributed by atoms with Gasteiger partial charge in [-0.05, 0) is 101 Å². The average molecular weight is 578 g/mol. The molecule has 8 heteroatoms. The van der Waals surface area contributed by atoms with E-state index in [2.05, 4.69) is 5.32 Å². The van der Waals surface area contributed by atoms with Crippen LogP contribution in [0, 0.1) is 27.7 Å². The van der Waals surface area contributed by atoms with Crippen molar-refractivity contribution in [1.82, 2.24) is 10.2 Å². The van der Waals surface area contributed by atoms with Crippen molar-refractivity contribution < 1.29 is 18.0 Å². The Kier molecular flexibility index (Phi) is 10.0. The van der Waals surface area contributed by atoms with Crippen molar-refractivity contribution in [2.75, 3.05) is 10.8 Å². The van der Waals surface area contributed by atoms with Gasteiger partial charge in [-0.3, -0.25) is 13.9 Å². The molecular weight excluding hydrogens is 534 g/mol. The molecule has 0 aliphatic rings. The van der Waals surface area contributed by atoms with E-state index in [0.29, 0.717) is 12.1 Å². The molecule has 0 fully saturated rings. The summed E-state index contributed by atoms with van der Waals surface area (Å²) in [5, 5.41) is 3.00. The van der Waals surface area contributed by atoms with Crippen LogP contribution in [0.2, 0.25) is 0 Å². The van der Waals surface area contributed by atoms with E-state index in [9.17, 15) is 18.0 Å². The molecule has 0 aliphatic heterocycles. The zero-order valence-corrected chi connectivity index (χ0v) is 26.3. The van der Waals surface area contributed by atoms with Crippen molar-refractivity contribution in [3.8, 4) is 0 Å². The van der Waals surface area contributed by atoms with E-state index in [1.165, 1.54) is 9.21 Å². The summed E-state index contributed by atoms with van der Waals surface area (Å²) in [6.07, 6.45) is 0.369. The van der Waals surface area contributed by atoms with Gasteiger partial charge >= 0.3 is 0 Å². The number of carbonyl (C=O) groups is 2. The second-order valence-electron chi connectivity index (χ2n) is 11.8. The summed E-state index contributed by atoms with van der Waals surface area (Å²) in [4.78, 5) is 29.3. The normalized spacial score (nSPS) is 12.5. The molecule has 1 atom stereocenters. The molecule has 0 bridgehead atoms. The standard InChI is InChI=1S/C33H43N3O4S/c1-9-30(32(38)34-33(6,7)8)35(21-27-13-11-10-12-26(27)5)31(37)22-36(28-19-24(3)18-25(4)20-28)41(39,40)29-16-14-23(2)15-17-29/h10-20,30H,9,21-22H2,1-8H3,(H,34,38)/t30-/m0/s1. The number of carbonyl (C=O) groups excluding carboxylic acids is 2. The average Bonchev–Trinajstić information content (AvgIpc) is 2.86. The number of hydrogen-bond acceptors (Lipinski definition) is 4. The van der Waals surface area contributed by atoms with Gasteiger partial charge in [-0.1, -0.05) is 55.0 Å². The second-order valence-corrected chi connectivity index (χ2v) is 13.6. The van der Waals surface area contributed by atoms with Gasteiger partial charge in [0.2, 0.25) is 11.8 Å². The molecule has 3 aromatic rings. The Morgan fingerprint density at radius 3 is 1.98 bits per heavy atom. The SMILES string of the molecule is CC[C@@H](C(=O)NC(C)(C)C)N(Cc1ccccc1C)C(=O)CN(c1cc(C)cc(C)c1)S(=O)(=O)c1ccc(C)cc1. The van der Waals surface area contributed by atoms with Gasteiger partial charge in [-0.15, -0.1) is 0 Å². The number of sulfonamides is 1. The lowest BCUT2D eigenvalue weighted by Gasteiger charge is -2.35. The van der Waals surface area contributed by atoms with Crippen LogP contribution in [0.4, 0.5) is 5.69 Å². The largest absolute Gasteiger partial charge is 0.350 e. The molecule has 2 amide bonds. The van der Waals surface area contributed by atoms with Crippen LogP contribution < -0.4 is 9.62 Å². The minimum Gasteiger partial charge on any atom is -0.350 e. The van der Waals surface area contributed by atoms with Crippen LogP contribution in [0.3, 0.4) is 0 Å². The molecule has 0 spiro atoms. The smallest absolute Gasteiger partial charge is 0.264 e. The quantitative estimate of drug-likeness (QED) is 0.328. The van der Waals surface area contributed by atoms with E-state index >= 15 is 0 Å². The van der Waals surface area contributed by atoms with Crippen molar-refractivity contribution in [2.24, 2.45) is 0 Å². The van der Waals surface area contributed by atoms with E-state index < -0.39 is 34.1 Å². The van der Waals surface area contributed by atoms with Gasteiger partial charge < -0.3 is 10.2 Å². The molecule has 1 N–H and O–H groups in total. The van der Waals surface area contributed by atoms with Gasteiger partial charge in [0.15, 0.2) is 0 Å². The van der Waals surface area contributed by atoms with Crippen LogP contribution in [-0.4, -0.2) is 43.3 Å². The third-order valence-electron chi connectivity index (χ3n) is 6.87. The highest BCUT2D eigenvalue weighted by atomic mass is 32.2. The number of nitrogens with zero attached hydrogens (tertiary/aromatic N) is 2. The minimum atomic E-state index is -4.11. The van der Waals surface area contributed by atoms with E-state index in [1.807, 2.05) is 85.7 Å². The van der Waals surface area contributed by atoms with Gasteiger partial charge in [0.05, 0.1) is 10.6 Å². The lowest BCUT2D eigenvalue weighted by molar-refractivity contribution is -0.141. The fraction of sp³-hybridized carbons (Fsp3) is 0.394. The highest BCUT2D eigenvalue weighted by molar-refractivity contribution is 7.92. The summed E-state index contributed by atoms with van der Waals surface area (Å²) >= 11 is 0. The van der Waals surface area contributed by atoms with Gasteiger partial charge in [0.1, 0.15) is 12.6 Å². The van der Waals surface area contributed by atoms with Crippen LogP contribution >= 0.6 is 0 Å². The number of benzene rings is 3. The predicted molar refractivity (Wildman–Crippen MR) is 165 cm³/mol. The van der Waals surface area contributed by atoms with E-state index in [1.54, 1.807) is 36.4 Å². The topological polar surface area (TPSA) is 86.8 Å². The summed E-state index contributed by atoms with van der Waals surface area (Å²) in [6, 6.07) is 19.0. The Balaban J connectivity index is 2.12. The van der Waals surface area contributed by atoms with Crippen LogP contribution in [0.25, 0.3) is 0 Å². The van der Waals surface area contributed by atoms with Crippen LogP contribution in [0.15, 0.2) is 71.6 Å². The lowest BCUT2D eigenvalue weighted by atomic mass is 10.0. The van der Waals surface area contributed by atoms with Gasteiger partial charge in [-0.25, -0.2) is 8.42 Å². The fourth-order valence-corrected chi connectivity index (χ4v) is 6.20. The molecule has 0 saturated carbocycles. The number of rotatable bonds is 10. The summed E-state index contributed by atoms with van der Waals surface area (Å²) < 4.78 is 29.3. The molecule has 0 aliphatic carbocycles. The first kappa shape index (κ1) is 31.9. The molecule has 0 saturated heterocycles. The van der Waals surface area contributed by atoms with E-state index in [0.717, 1.165) is 27.8 Å². The first-order valence-electron chi connectivity index (χ1n) is 14.0. The van der Waals surface area contributed by atoms with Crippen LogP contribution in [0.1, 0.15) is 61.9 Å². The Morgan fingerprint density at radius 2 is 1.44 bits per heavy atom. The molecule has 0 heterocycles. The molecule has 0 unspecified atom stereocenters. The lowest BCUT2D eigenvalue weighted by Crippen LogP contribution is -2.55. The first-order valence-corrected chi connectivity index (χ1v) is 15.4. The van der Waals surface area contributed by atoms with Gasteiger partial charge in [0, 0.05) is 12.1 Å². The Morgan fingerprint density at radius 1 is 0.854 bits per heavy atom. The molecule has 220 valence electrons. The molecule has 3 rings (SSSR count). The Bertz CT molecular complexity index is 1470. The molecule has 0 radical (unpaired) electrons.